The summed E-state index contributed by atoms with van der Waals surface area (Å²) in [4.78, 5) is 17.6. The van der Waals surface area contributed by atoms with Crippen LogP contribution in [-0.2, 0) is 11.2 Å². The number of aryl methyl sites for hydroxylation is 2. The zero-order valence-corrected chi connectivity index (χ0v) is 25.1. The number of ether oxygens (including phenoxy) is 2. The van der Waals surface area contributed by atoms with Crippen molar-refractivity contribution in [1.82, 2.24) is 15.2 Å². The predicted octanol–water partition coefficient (Wildman–Crippen LogP) is 7.51. The van der Waals surface area contributed by atoms with Crippen molar-refractivity contribution in [1.29, 1.82) is 0 Å². The van der Waals surface area contributed by atoms with E-state index in [1.54, 1.807) is 25.1 Å². The van der Waals surface area contributed by atoms with Gasteiger partial charge in [-0.05, 0) is 63.8 Å². The molecule has 0 radical (unpaired) electrons. The molecule has 216 valence electrons. The van der Waals surface area contributed by atoms with E-state index in [1.165, 1.54) is 47.4 Å². The van der Waals surface area contributed by atoms with E-state index in [0.29, 0.717) is 34.5 Å². The minimum absolute atomic E-state index is 0.212. The topological polar surface area (TPSA) is 86.2 Å². The van der Waals surface area contributed by atoms with E-state index in [1.807, 2.05) is 0 Å². The van der Waals surface area contributed by atoms with Gasteiger partial charge in [-0.25, -0.2) is 4.39 Å². The second-order valence-electron chi connectivity index (χ2n) is 10.1. The number of carbonyl (C=O) groups is 1. The van der Waals surface area contributed by atoms with Gasteiger partial charge in [-0.2, -0.15) is 0 Å². The second-order valence-corrected chi connectivity index (χ2v) is 11.2. The Kier molecular flexibility index (Phi) is 10.5. The maximum atomic E-state index is 14.9. The van der Waals surface area contributed by atoms with Gasteiger partial charge in [0.1, 0.15) is 16.6 Å². The molecule has 1 aromatic carbocycles. The lowest BCUT2D eigenvalue weighted by atomic mass is 9.95. The molecule has 1 saturated heterocycles. The Bertz CT molecular complexity index is 1470. The summed E-state index contributed by atoms with van der Waals surface area (Å²) in [6.07, 6.45) is 11.6. The van der Waals surface area contributed by atoms with E-state index in [-0.39, 0.29) is 11.1 Å². The van der Waals surface area contributed by atoms with E-state index in [2.05, 4.69) is 59.5 Å². The van der Waals surface area contributed by atoms with Crippen LogP contribution < -0.4 is 10.1 Å². The maximum Gasteiger partial charge on any atom is 0.259 e. The number of rotatable bonds is 12. The molecule has 1 fully saturated rings. The molecule has 0 atom stereocenters. The number of carbonyl (C=O) groups excluding carboxylic acids is 1. The maximum absolute atomic E-state index is 14.9. The number of aromatic nitrogens is 3. The van der Waals surface area contributed by atoms with Gasteiger partial charge in [0.15, 0.2) is 0 Å². The highest BCUT2D eigenvalue weighted by Gasteiger charge is 2.21. The first-order valence-electron chi connectivity index (χ1n) is 13.9. The molecular formula is C32H37FN4O3S. The quantitative estimate of drug-likeness (QED) is 0.225. The van der Waals surface area contributed by atoms with Crippen LogP contribution in [0.1, 0.15) is 61.1 Å². The summed E-state index contributed by atoms with van der Waals surface area (Å²) in [5.41, 5.74) is 5.42. The van der Waals surface area contributed by atoms with Crippen LogP contribution in [0.3, 0.4) is 0 Å². The Balaban J connectivity index is 1.46. The molecule has 41 heavy (non-hydrogen) atoms. The number of pyridine rings is 1. The number of amides is 1. The van der Waals surface area contributed by atoms with Crippen molar-refractivity contribution in [3.05, 3.63) is 87.5 Å². The smallest absolute Gasteiger partial charge is 0.259 e. The zero-order chi connectivity index (χ0) is 29.4. The van der Waals surface area contributed by atoms with Gasteiger partial charge in [0.05, 0.1) is 31.5 Å². The average Bonchev–Trinajstić information content (AvgIpc) is 3.39. The Morgan fingerprint density at radius 3 is 2.76 bits per heavy atom. The number of nitrogens with zero attached hydrogens (tertiary/aromatic N) is 3. The molecule has 3 heterocycles. The highest BCUT2D eigenvalue weighted by atomic mass is 32.1. The molecule has 1 aliphatic heterocycles. The first-order chi connectivity index (χ1) is 19.8. The third-order valence-corrected chi connectivity index (χ3v) is 8.12. The minimum Gasteiger partial charge on any atom is -0.496 e. The van der Waals surface area contributed by atoms with Crippen LogP contribution in [0.25, 0.3) is 11.1 Å². The molecule has 0 saturated carbocycles. The third kappa shape index (κ3) is 7.74. The van der Waals surface area contributed by atoms with Gasteiger partial charge < -0.3 is 9.47 Å². The Hall–Kier alpha value is -3.69. The van der Waals surface area contributed by atoms with Gasteiger partial charge in [-0.15, -0.1) is 10.2 Å². The Morgan fingerprint density at radius 2 is 2.07 bits per heavy atom. The Labute approximate surface area is 245 Å². The Morgan fingerprint density at radius 1 is 1.27 bits per heavy atom. The molecule has 1 amide bonds. The molecule has 0 bridgehead atoms. The SMILES string of the molecule is C\C=C(/C=C\C(CCc1nnc(NC(=O)c2cnc(C)cc2-c2c(F)cccc2OC)s1)=C(\C)CC)CC1COC1. The summed E-state index contributed by atoms with van der Waals surface area (Å²) in [6, 6.07) is 6.25. The van der Waals surface area contributed by atoms with E-state index in [4.69, 9.17) is 9.47 Å². The van der Waals surface area contributed by atoms with E-state index >= 15 is 0 Å². The fraction of sp³-hybridized carbons (Fsp3) is 0.375. The molecule has 1 aliphatic rings. The molecule has 3 aromatic rings. The van der Waals surface area contributed by atoms with Crippen LogP contribution in [-0.4, -0.2) is 41.4 Å². The second kappa shape index (κ2) is 14.3. The molecule has 2 aromatic heterocycles. The summed E-state index contributed by atoms with van der Waals surface area (Å²) in [6.45, 7) is 9.88. The number of allylic oxidation sites excluding steroid dienone is 6. The molecular weight excluding hydrogens is 539 g/mol. The molecule has 9 heteroatoms. The van der Waals surface area contributed by atoms with Gasteiger partial charge in [0.2, 0.25) is 5.13 Å². The summed E-state index contributed by atoms with van der Waals surface area (Å²) in [5, 5.41) is 12.5. The van der Waals surface area contributed by atoms with E-state index < -0.39 is 11.7 Å². The number of hydrogen-bond donors (Lipinski definition) is 1. The van der Waals surface area contributed by atoms with Crippen molar-refractivity contribution in [2.45, 2.75) is 53.4 Å². The van der Waals surface area contributed by atoms with Crippen LogP contribution in [0, 0.1) is 18.7 Å². The van der Waals surface area contributed by atoms with Crippen molar-refractivity contribution in [3.63, 3.8) is 0 Å². The van der Waals surface area contributed by atoms with Crippen LogP contribution in [0.15, 0.2) is 65.4 Å². The lowest BCUT2D eigenvalue weighted by Crippen LogP contribution is -2.27. The monoisotopic (exact) mass is 576 g/mol. The molecule has 0 unspecified atom stereocenters. The summed E-state index contributed by atoms with van der Waals surface area (Å²) in [7, 11) is 1.47. The first kappa shape index (κ1) is 30.3. The predicted molar refractivity (Wildman–Crippen MR) is 162 cm³/mol. The van der Waals surface area contributed by atoms with E-state index in [9.17, 15) is 9.18 Å². The normalized spacial score (nSPS) is 14.6. The lowest BCUT2D eigenvalue weighted by molar-refractivity contribution is -0.0308. The van der Waals surface area contributed by atoms with E-state index in [0.717, 1.165) is 37.5 Å². The van der Waals surface area contributed by atoms with Gasteiger partial charge in [-0.3, -0.25) is 15.1 Å². The van der Waals surface area contributed by atoms with Crippen molar-refractivity contribution in [2.75, 3.05) is 25.6 Å². The number of methoxy groups -OCH3 is 1. The fourth-order valence-electron chi connectivity index (χ4n) is 4.59. The van der Waals surface area contributed by atoms with Crippen LogP contribution in [0.5, 0.6) is 5.75 Å². The highest BCUT2D eigenvalue weighted by Crippen LogP contribution is 2.35. The summed E-state index contributed by atoms with van der Waals surface area (Å²) >= 11 is 1.34. The number of anilines is 1. The van der Waals surface area contributed by atoms with Gasteiger partial charge in [0, 0.05) is 29.8 Å². The average molecular weight is 577 g/mol. The molecule has 0 aliphatic carbocycles. The van der Waals surface area contributed by atoms with Crippen LogP contribution >= 0.6 is 11.3 Å². The first-order valence-corrected chi connectivity index (χ1v) is 14.7. The van der Waals surface area contributed by atoms with Gasteiger partial charge in [-0.1, -0.05) is 53.7 Å². The minimum atomic E-state index is -0.485. The fourth-order valence-corrected chi connectivity index (χ4v) is 5.32. The standard InChI is InChI=1S/C32H37FN4O3S/c1-6-20(3)24(12-11-22(7-2)16-23-18-40-19-23)13-14-29-36-37-32(41-29)35-31(38)26-17-34-21(4)15-25(26)30-27(33)9-8-10-28(30)39-5/h7-12,15,17,23H,6,13-14,16,18-19H2,1-5H3,(H,35,37,38)/b12-11-,22-7+,24-20+. The van der Waals surface area contributed by atoms with Gasteiger partial charge >= 0.3 is 0 Å². The molecule has 4 rings (SSSR count). The summed E-state index contributed by atoms with van der Waals surface area (Å²) < 4.78 is 25.6. The van der Waals surface area contributed by atoms with Crippen LogP contribution in [0.2, 0.25) is 0 Å². The van der Waals surface area contributed by atoms with Crippen molar-refractivity contribution < 1.29 is 18.7 Å². The largest absolute Gasteiger partial charge is 0.496 e. The molecule has 1 N–H and O–H groups in total. The summed E-state index contributed by atoms with van der Waals surface area (Å²) in [5.74, 6) is 0.0190. The zero-order valence-electron chi connectivity index (χ0n) is 24.3. The number of halogens is 1. The number of hydrogen-bond acceptors (Lipinski definition) is 7. The molecule has 0 spiro atoms. The third-order valence-electron chi connectivity index (χ3n) is 7.22. The van der Waals surface area contributed by atoms with Crippen LogP contribution in [0.4, 0.5) is 9.52 Å². The van der Waals surface area contributed by atoms with Gasteiger partial charge in [0.25, 0.3) is 5.91 Å². The van der Waals surface area contributed by atoms with Crippen molar-refractivity contribution in [3.8, 4) is 16.9 Å². The van der Waals surface area contributed by atoms with Crippen molar-refractivity contribution >= 4 is 22.4 Å². The molecule has 7 nitrogen and oxygen atoms in total. The van der Waals surface area contributed by atoms with Crippen molar-refractivity contribution in [2.24, 2.45) is 5.92 Å². The number of benzene rings is 1. The number of nitrogens with one attached hydrogen (secondary N) is 1. The lowest BCUT2D eigenvalue weighted by Gasteiger charge is -2.26. The highest BCUT2D eigenvalue weighted by molar-refractivity contribution is 7.15.